The normalized spacial score (nSPS) is 15.9. The number of alkyl carbamates (subject to hydrolysis) is 1. The van der Waals surface area contributed by atoms with Crippen molar-refractivity contribution in [2.75, 3.05) is 34.4 Å². The lowest BCUT2D eigenvalue weighted by molar-refractivity contribution is 0.0281. The molecular formula is C45H55IN8O10S2. The van der Waals surface area contributed by atoms with Crippen LogP contribution in [0.25, 0.3) is 11.4 Å². The van der Waals surface area contributed by atoms with Gasteiger partial charge in [-0.3, -0.25) is 0 Å². The van der Waals surface area contributed by atoms with E-state index in [0.29, 0.717) is 31.9 Å². The van der Waals surface area contributed by atoms with E-state index in [-0.39, 0.29) is 53.9 Å². The zero-order valence-electron chi connectivity index (χ0n) is 38.2. The summed E-state index contributed by atoms with van der Waals surface area (Å²) in [5.74, 6) is 1.93. The second-order valence-electron chi connectivity index (χ2n) is 17.4. The standard InChI is InChI=1S/C45H55IN8O10S2/c1-44(2,3)63-42(55)47-36-27-52(43(56)64-45(4,5)6)28-37(36)49-65(57)38-23-22-35(46)39(41-48-50-51-54(41)26-31-14-20-34(62-9)21-15-31)40(38)66(58,59)53(24-29-10-16-32(60-7)17-11-29)25-30-12-18-33(61-8)19-13-30/h10-23,36-37,49H,24-28H2,1-9H3,(H,47,55)/t36-,37-,65?/m1/s1. The van der Waals surface area contributed by atoms with Gasteiger partial charge in [-0.2, -0.15) is 4.31 Å². The summed E-state index contributed by atoms with van der Waals surface area (Å²) >= 11 is -0.302. The van der Waals surface area contributed by atoms with Gasteiger partial charge in [0.25, 0.3) is 0 Å². The Balaban J connectivity index is 1.49. The topological polar surface area (TPSA) is 212 Å². The van der Waals surface area contributed by atoms with Gasteiger partial charge in [0.15, 0.2) is 15.6 Å². The molecule has 66 heavy (non-hydrogen) atoms. The maximum Gasteiger partial charge on any atom is 0.410 e. The smallest absolute Gasteiger partial charge is 0.410 e. The predicted octanol–water partition coefficient (Wildman–Crippen LogP) is 6.53. The molecule has 0 saturated carbocycles. The largest absolute Gasteiger partial charge is 0.593 e. The summed E-state index contributed by atoms with van der Waals surface area (Å²) in [6.45, 7) is 10.2. The number of amides is 2. The number of halogens is 1. The highest BCUT2D eigenvalue weighted by Crippen LogP contribution is 2.39. The number of likely N-dealkylation sites (tertiary alicyclic amines) is 1. The Morgan fingerprint density at radius 2 is 1.27 bits per heavy atom. The Hall–Kier alpha value is -5.20. The third-order valence-corrected chi connectivity index (χ3v) is 14.2. The molecule has 6 rings (SSSR count). The van der Waals surface area contributed by atoms with E-state index in [9.17, 15) is 9.59 Å². The molecule has 1 saturated heterocycles. The highest BCUT2D eigenvalue weighted by atomic mass is 127. The van der Waals surface area contributed by atoms with Gasteiger partial charge in [0, 0.05) is 29.7 Å². The summed E-state index contributed by atoms with van der Waals surface area (Å²) in [4.78, 5) is 27.5. The number of tetrazole rings is 1. The van der Waals surface area contributed by atoms with Crippen molar-refractivity contribution in [2.45, 2.75) is 94.3 Å². The van der Waals surface area contributed by atoms with Gasteiger partial charge in [0.2, 0.25) is 10.0 Å². The summed E-state index contributed by atoms with van der Waals surface area (Å²) in [5.41, 5.74) is 0.537. The molecule has 0 spiro atoms. The number of carbonyl (C=O) groups excluding carboxylic acids is 2. The van der Waals surface area contributed by atoms with E-state index < -0.39 is 56.9 Å². The van der Waals surface area contributed by atoms with Crippen LogP contribution in [0, 0.1) is 3.57 Å². The van der Waals surface area contributed by atoms with Crippen molar-refractivity contribution in [3.63, 3.8) is 0 Å². The minimum absolute atomic E-state index is 0.0241. The Labute approximate surface area is 402 Å². The summed E-state index contributed by atoms with van der Waals surface area (Å²) in [6.07, 6.45) is -1.41. The monoisotopic (exact) mass is 1060 g/mol. The van der Waals surface area contributed by atoms with Crippen molar-refractivity contribution in [1.29, 1.82) is 0 Å². The van der Waals surface area contributed by atoms with Gasteiger partial charge < -0.3 is 38.5 Å². The molecule has 1 aromatic heterocycles. The number of carbonyl (C=O) groups is 2. The van der Waals surface area contributed by atoms with E-state index in [0.717, 1.165) is 5.56 Å². The number of hydrogen-bond donors (Lipinski definition) is 2. The van der Waals surface area contributed by atoms with E-state index >= 15 is 13.0 Å². The first-order valence-electron chi connectivity index (χ1n) is 20.8. The number of nitrogens with one attached hydrogen (secondary N) is 2. The van der Waals surface area contributed by atoms with Crippen molar-refractivity contribution >= 4 is 56.2 Å². The maximum atomic E-state index is 15.9. The van der Waals surface area contributed by atoms with E-state index in [1.807, 2.05) is 34.7 Å². The number of nitrogens with zero attached hydrogens (tertiary/aromatic N) is 6. The molecule has 4 aromatic carbocycles. The summed E-state index contributed by atoms with van der Waals surface area (Å²) in [6, 6.07) is 22.8. The molecule has 2 heterocycles. The number of aromatic nitrogens is 4. The summed E-state index contributed by atoms with van der Waals surface area (Å²) in [5, 5.41) is 15.4. The molecule has 1 aliphatic heterocycles. The third-order valence-electron chi connectivity index (χ3n) is 10.1. The molecule has 1 unspecified atom stereocenters. The molecule has 354 valence electrons. The van der Waals surface area contributed by atoms with Gasteiger partial charge in [0.05, 0.1) is 56.9 Å². The molecule has 21 heteroatoms. The molecule has 1 aliphatic rings. The lowest BCUT2D eigenvalue weighted by Crippen LogP contribution is -2.52. The SMILES string of the molecule is COc1ccc(CN(Cc2ccc(OC)cc2)S(=O)(=O)c2c([S+]([O-])N[C@@H]3CN(C(=O)OC(C)(C)C)C[C@H]3NC(=O)OC(C)(C)C)ccc(I)c2-c2nnnn2Cc2ccc(OC)cc2)cc1. The fourth-order valence-electron chi connectivity index (χ4n) is 6.97. The van der Waals surface area contributed by atoms with Gasteiger partial charge in [0.1, 0.15) is 28.5 Å². The number of rotatable bonds is 16. The van der Waals surface area contributed by atoms with Crippen LogP contribution in [-0.4, -0.2) is 112 Å². The molecular weight excluding hydrogens is 1000 g/mol. The molecule has 5 aromatic rings. The van der Waals surface area contributed by atoms with Crippen LogP contribution < -0.4 is 24.2 Å². The highest BCUT2D eigenvalue weighted by Gasteiger charge is 2.44. The van der Waals surface area contributed by atoms with Crippen LogP contribution in [0.5, 0.6) is 17.2 Å². The number of ether oxygens (including phenoxy) is 5. The minimum atomic E-state index is -4.68. The quantitative estimate of drug-likeness (QED) is 0.0795. The van der Waals surface area contributed by atoms with Crippen molar-refractivity contribution < 1.29 is 46.2 Å². The van der Waals surface area contributed by atoms with E-state index in [2.05, 4.69) is 25.6 Å². The Morgan fingerprint density at radius 3 is 1.77 bits per heavy atom. The lowest BCUT2D eigenvalue weighted by Gasteiger charge is -2.27. The van der Waals surface area contributed by atoms with E-state index in [1.54, 1.807) is 130 Å². The number of benzene rings is 4. The molecule has 1 fully saturated rings. The molecule has 18 nitrogen and oxygen atoms in total. The zero-order chi connectivity index (χ0) is 48.0. The van der Waals surface area contributed by atoms with Crippen LogP contribution in [-0.2, 0) is 50.5 Å². The minimum Gasteiger partial charge on any atom is -0.593 e. The summed E-state index contributed by atoms with van der Waals surface area (Å²) < 4.78 is 80.4. The third kappa shape index (κ3) is 12.8. The molecule has 0 radical (unpaired) electrons. The van der Waals surface area contributed by atoms with Crippen LogP contribution in [0.3, 0.4) is 0 Å². The average Bonchev–Trinajstić information content (AvgIpc) is 3.89. The number of sulfonamides is 1. The van der Waals surface area contributed by atoms with Crippen LogP contribution in [0.4, 0.5) is 9.59 Å². The molecule has 3 atom stereocenters. The zero-order valence-corrected chi connectivity index (χ0v) is 42.0. The van der Waals surface area contributed by atoms with Crippen LogP contribution >= 0.6 is 22.6 Å². The van der Waals surface area contributed by atoms with Gasteiger partial charge in [-0.1, -0.05) is 36.4 Å². The number of hydrogen-bond acceptors (Lipinski definition) is 14. The van der Waals surface area contributed by atoms with Gasteiger partial charge in [-0.15, -0.1) is 9.82 Å². The second kappa shape index (κ2) is 21.2. The second-order valence-corrected chi connectivity index (χ2v) is 21.6. The molecule has 0 bridgehead atoms. The first-order valence-corrected chi connectivity index (χ1v) is 24.5. The molecule has 2 amide bonds. The van der Waals surface area contributed by atoms with Crippen molar-refractivity contribution in [3.8, 4) is 28.6 Å². The van der Waals surface area contributed by atoms with Crippen molar-refractivity contribution in [1.82, 2.24) is 39.5 Å². The van der Waals surface area contributed by atoms with Crippen LogP contribution in [0.2, 0.25) is 0 Å². The fourth-order valence-corrected chi connectivity index (χ4v) is 11.2. The first kappa shape index (κ1) is 50.2. The predicted molar refractivity (Wildman–Crippen MR) is 255 cm³/mol. The lowest BCUT2D eigenvalue weighted by atomic mass is 10.2. The van der Waals surface area contributed by atoms with Crippen LogP contribution in [0.15, 0.2) is 94.7 Å². The van der Waals surface area contributed by atoms with Crippen molar-refractivity contribution in [3.05, 3.63) is 105 Å². The maximum absolute atomic E-state index is 15.9. The summed E-state index contributed by atoms with van der Waals surface area (Å²) in [7, 11) is -0.0243. The van der Waals surface area contributed by atoms with Gasteiger partial charge in [-0.05, 0) is 140 Å². The Bertz CT molecular complexity index is 2520. The van der Waals surface area contributed by atoms with Crippen molar-refractivity contribution in [2.24, 2.45) is 0 Å². The molecule has 0 aliphatic carbocycles. The fraction of sp³-hybridized carbons (Fsp3) is 0.400. The van der Waals surface area contributed by atoms with E-state index in [1.165, 1.54) is 20.0 Å². The number of methoxy groups -OCH3 is 3. The van der Waals surface area contributed by atoms with Crippen LogP contribution in [0.1, 0.15) is 58.2 Å². The van der Waals surface area contributed by atoms with Gasteiger partial charge >= 0.3 is 12.2 Å². The average molecular weight is 1060 g/mol. The first-order chi connectivity index (χ1) is 31.2. The Morgan fingerprint density at radius 1 is 0.773 bits per heavy atom. The highest BCUT2D eigenvalue weighted by molar-refractivity contribution is 14.1. The van der Waals surface area contributed by atoms with Gasteiger partial charge in [-0.25, -0.2) is 22.7 Å². The molecule has 2 N–H and O–H groups in total. The van der Waals surface area contributed by atoms with E-state index in [4.69, 9.17) is 23.7 Å². The Kier molecular flexibility index (Phi) is 16.1.